The van der Waals surface area contributed by atoms with Gasteiger partial charge in [0.15, 0.2) is 0 Å². The van der Waals surface area contributed by atoms with E-state index in [1.807, 2.05) is 13.8 Å². The summed E-state index contributed by atoms with van der Waals surface area (Å²) in [6.07, 6.45) is 5.21. The Hall–Kier alpha value is -2.00. The number of nitrogens with zero attached hydrogens (tertiary/aromatic N) is 2. The van der Waals surface area contributed by atoms with Gasteiger partial charge in [-0.25, -0.2) is 9.59 Å². The van der Waals surface area contributed by atoms with E-state index in [1.54, 1.807) is 6.92 Å². The van der Waals surface area contributed by atoms with Crippen LogP contribution < -0.4 is 5.32 Å². The number of hydrogen-bond acceptors (Lipinski definition) is 10. The third kappa shape index (κ3) is 48.1. The molecular weight excluding hydrogens is 1190 g/mol. The largest absolute Gasteiger partial charge is 0.693 e. The van der Waals surface area contributed by atoms with Gasteiger partial charge in [-0.1, -0.05) is 26.7 Å². The summed E-state index contributed by atoms with van der Waals surface area (Å²) >= 11 is -0.944. The molecule has 0 aromatic carbocycles. The van der Waals surface area contributed by atoms with Crippen LogP contribution in [0.5, 0.6) is 0 Å². The number of aliphatic carboxylic acids is 1. The summed E-state index contributed by atoms with van der Waals surface area (Å²) in [6.45, 7) is 6.96. The van der Waals surface area contributed by atoms with Gasteiger partial charge in [-0.2, -0.15) is 0 Å². The second-order valence-corrected chi connectivity index (χ2v) is 16.5. The molecule has 0 radical (unpaired) electrons. The van der Waals surface area contributed by atoms with Gasteiger partial charge in [0.2, 0.25) is 11.8 Å². The number of esters is 1. The van der Waals surface area contributed by atoms with Crippen molar-refractivity contribution in [2.24, 2.45) is 5.92 Å². The predicted molar refractivity (Wildman–Crippen MR) is 202 cm³/mol. The minimum Gasteiger partial charge on any atom is -0.693 e. The molecule has 15 N–H and O–H groups in total. The van der Waals surface area contributed by atoms with Crippen LogP contribution in [0.2, 0.25) is 0 Å². The maximum atomic E-state index is 11.4. The Balaban J connectivity index is -0.0000000802. The molecule has 21 nitrogen and oxygen atoms in total. The predicted octanol–water partition coefficient (Wildman–Crippen LogP) is 6.83. The number of rotatable bonds is 15. The standard InChI is InChI=1S/C15H23NO6.C10H13NO4.C3H7NO2.4ClH.4H2N.2H2O.2Pt/c1-11(2)10-21-15(20)22-14(19)6-4-3-5-9-16-12(17)7-8-13(16)18;12-8-5-6-9(13)11(8)7-3-1-2-4-10(14)15;1-2-4-3(5)6;;;;;;;;;;;;/h11H,3-10H2,1-2H3;5-6H,1-4,7H2,(H,14,15);4H,2H2,1H3,(H,5,6);4*1H;6*1H2;;/q;;;;;;;4*-1;;;2*+4/p-4. The molecule has 0 aromatic rings. The van der Waals surface area contributed by atoms with Crippen molar-refractivity contribution in [1.29, 1.82) is 0 Å². The molecule has 55 heavy (non-hydrogen) atoms. The minimum atomic E-state index is -0.966. The van der Waals surface area contributed by atoms with E-state index in [-0.39, 0.29) is 84.5 Å². The minimum absolute atomic E-state index is 0. The summed E-state index contributed by atoms with van der Waals surface area (Å²) in [5, 5.41) is 18.3. The van der Waals surface area contributed by atoms with Crippen LogP contribution in [0.15, 0.2) is 12.2 Å². The quantitative estimate of drug-likeness (QED) is 0.0657. The van der Waals surface area contributed by atoms with E-state index in [0.29, 0.717) is 71.0 Å². The average Bonchev–Trinajstić information content (AvgIpc) is 3.51. The van der Waals surface area contributed by atoms with Crippen LogP contribution in [0.1, 0.15) is 85.0 Å². The summed E-state index contributed by atoms with van der Waals surface area (Å²) in [6, 6.07) is 0. The van der Waals surface area contributed by atoms with Crippen molar-refractivity contribution in [1.82, 2.24) is 15.1 Å². The number of unbranched alkanes of at least 4 members (excludes halogenated alkanes) is 4. The molecule has 0 unspecified atom stereocenters. The van der Waals surface area contributed by atoms with Gasteiger partial charge in [-0.05, 0) is 38.5 Å². The number of amides is 5. The molecule has 2 rings (SSSR count). The van der Waals surface area contributed by atoms with Crippen LogP contribution in [0.3, 0.4) is 0 Å². The molecule has 1 fully saturated rings. The molecule has 1 saturated heterocycles. The molecule has 0 saturated carbocycles. The molecule has 0 aliphatic carbocycles. The molecule has 0 bridgehead atoms. The monoisotopic (exact) mass is 1240 g/mol. The van der Waals surface area contributed by atoms with Crippen LogP contribution in [-0.4, -0.2) is 105 Å². The van der Waals surface area contributed by atoms with Gasteiger partial charge in [-0.3, -0.25) is 38.6 Å². The summed E-state index contributed by atoms with van der Waals surface area (Å²) < 4.78 is 9.23. The first-order chi connectivity index (χ1) is 23.1. The molecule has 334 valence electrons. The van der Waals surface area contributed by atoms with Crippen LogP contribution >= 0.6 is 37.7 Å². The number of nitrogens with two attached hydrogens (primary N) is 4. The van der Waals surface area contributed by atoms with Crippen molar-refractivity contribution in [2.75, 3.05) is 26.2 Å². The Morgan fingerprint density at radius 1 is 0.745 bits per heavy atom. The van der Waals surface area contributed by atoms with Crippen molar-refractivity contribution < 1.29 is 102 Å². The van der Waals surface area contributed by atoms with E-state index >= 15 is 0 Å². The van der Waals surface area contributed by atoms with Crippen molar-refractivity contribution in [3.8, 4) is 0 Å². The van der Waals surface area contributed by atoms with Crippen molar-refractivity contribution in [3.63, 3.8) is 0 Å². The zero-order valence-corrected chi connectivity index (χ0v) is 38.0. The number of halogens is 4. The maximum Gasteiger partial charge on any atom is -0.693 e. The molecule has 0 aromatic heterocycles. The fraction of sp³-hybridized carbons (Fsp3) is 0.643. The van der Waals surface area contributed by atoms with Crippen LogP contribution in [-0.2, 0) is 71.2 Å². The first kappa shape index (κ1) is 74.0. The number of likely N-dealkylation sites (tertiary alicyclic amines) is 1. The first-order valence-electron chi connectivity index (χ1n) is 14.7. The fourth-order valence-electron chi connectivity index (χ4n) is 3.52. The van der Waals surface area contributed by atoms with Crippen molar-refractivity contribution >= 4 is 85.5 Å². The van der Waals surface area contributed by atoms with Gasteiger partial charge in [-0.15, -0.1) is 0 Å². The van der Waals surface area contributed by atoms with Gasteiger partial charge in [0.05, 0.1) is 6.61 Å². The second-order valence-electron chi connectivity index (χ2n) is 9.97. The first-order valence-corrected chi connectivity index (χ1v) is 25.9. The van der Waals surface area contributed by atoms with Gasteiger partial charge < -0.3 is 60.6 Å². The number of carboxylic acid groups (broad SMARTS) is 2. The normalized spacial score (nSPS) is 11.6. The van der Waals surface area contributed by atoms with E-state index < -0.39 is 57.1 Å². The van der Waals surface area contributed by atoms with E-state index in [1.165, 1.54) is 22.0 Å². The molecule has 2 aliphatic heterocycles. The summed E-state index contributed by atoms with van der Waals surface area (Å²) in [5.41, 5.74) is 0. The number of ether oxygens (including phenoxy) is 2. The third-order valence-corrected chi connectivity index (χ3v) is 5.65. The topological polar surface area (TPSA) is 411 Å². The molecular formula is C28H55Cl4N7O14Pt2. The Bertz CT molecular complexity index is 1050. The second kappa shape index (κ2) is 50.0. The Morgan fingerprint density at radius 3 is 1.49 bits per heavy atom. The summed E-state index contributed by atoms with van der Waals surface area (Å²) in [5.74, 6) is -2.07. The Kier molecular flexibility index (Phi) is 67.3. The molecule has 0 spiro atoms. The molecule has 2 heterocycles. The van der Waals surface area contributed by atoms with Crippen LogP contribution in [0.4, 0.5) is 9.59 Å². The maximum absolute atomic E-state index is 11.4. The van der Waals surface area contributed by atoms with Gasteiger partial charge in [0.1, 0.15) is 0 Å². The van der Waals surface area contributed by atoms with E-state index in [2.05, 4.69) is 10.1 Å². The summed E-state index contributed by atoms with van der Waals surface area (Å²) in [7, 11) is 19.5. The number of nitrogens with one attached hydrogen (secondary N) is 1. The van der Waals surface area contributed by atoms with E-state index in [9.17, 15) is 38.4 Å². The zero-order valence-electron chi connectivity index (χ0n) is 30.5. The summed E-state index contributed by atoms with van der Waals surface area (Å²) in [4.78, 5) is 89.5. The van der Waals surface area contributed by atoms with Gasteiger partial charge in [0, 0.05) is 57.5 Å². The van der Waals surface area contributed by atoms with Crippen molar-refractivity contribution in [2.45, 2.75) is 85.0 Å². The Morgan fingerprint density at radius 2 is 1.15 bits per heavy atom. The third-order valence-electron chi connectivity index (χ3n) is 5.65. The van der Waals surface area contributed by atoms with E-state index in [0.717, 1.165) is 0 Å². The number of carboxylic acids is 1. The zero-order chi connectivity index (χ0) is 38.2. The number of carbonyl (C=O) groups is 8. The molecule has 0 atom stereocenters. The van der Waals surface area contributed by atoms with Crippen LogP contribution in [0.25, 0.3) is 24.6 Å². The van der Waals surface area contributed by atoms with Crippen molar-refractivity contribution in [3.05, 3.63) is 36.8 Å². The molecule has 27 heteroatoms. The number of hydrogen-bond donors (Lipinski definition) is 3. The average molecular weight is 1250 g/mol. The smallest absolute Gasteiger partial charge is 0.693 e. The fourth-order valence-corrected chi connectivity index (χ4v) is 3.52. The SMILES string of the molecule is CC(C)COC(=O)OC(=O)CCCCCN1C(=O)CCC1=O.CCNC(=O)O.O.O.O=C(O)CCCCCN1C(=O)C=CC1=O.[Cl][Pt+2][Cl].[Cl][Pt+2][Cl].[NH2-].[NH2-].[NH2-].[NH2-]. The van der Waals surface area contributed by atoms with Crippen LogP contribution in [0, 0.1) is 5.92 Å². The molecule has 5 amide bonds. The van der Waals surface area contributed by atoms with Gasteiger partial charge >= 0.3 is 94.8 Å². The van der Waals surface area contributed by atoms with Gasteiger partial charge in [0.25, 0.3) is 11.8 Å². The number of carbonyl (C=O) groups excluding carboxylic acids is 6. The Labute approximate surface area is 354 Å². The molecule has 2 aliphatic rings. The van der Waals surface area contributed by atoms with E-state index in [4.69, 9.17) is 52.6 Å². The number of imide groups is 2.